The maximum atomic E-state index is 11.7. The molecule has 0 fully saturated rings. The van der Waals surface area contributed by atoms with E-state index < -0.39 is 18.0 Å². The van der Waals surface area contributed by atoms with Crippen LogP contribution in [0.1, 0.15) is 26.5 Å². The Bertz CT molecular complexity index is 414. The monoisotopic (exact) mass is 268 g/mol. The number of aliphatic carboxylic acids is 1. The summed E-state index contributed by atoms with van der Waals surface area (Å²) in [5.41, 5.74) is 0. The van der Waals surface area contributed by atoms with Crippen LogP contribution in [0.5, 0.6) is 0 Å². The Balaban J connectivity index is 2.43. The Labute approximate surface area is 112 Å². The number of hydrogen-bond acceptors (Lipinski definition) is 3. The molecule has 0 saturated carbocycles. The number of carbonyl (C=O) groups excluding carboxylic acids is 1. The highest BCUT2D eigenvalue weighted by atomic mass is 16.4. The number of carboxylic acids is 1. The molecule has 2 amide bonds. The number of hydrogen-bond donors (Lipinski definition) is 3. The minimum Gasteiger partial charge on any atom is -0.480 e. The second-order valence-electron chi connectivity index (χ2n) is 4.86. The molecule has 0 bridgehead atoms. The molecule has 0 aromatic carbocycles. The quantitative estimate of drug-likeness (QED) is 0.731. The average Bonchev–Trinajstić information content (AvgIpc) is 2.77. The molecule has 106 valence electrons. The second kappa shape index (κ2) is 6.82. The van der Waals surface area contributed by atoms with Crippen molar-refractivity contribution in [1.29, 1.82) is 0 Å². The van der Waals surface area contributed by atoms with Crippen molar-refractivity contribution in [3.63, 3.8) is 0 Å². The first-order valence-electron chi connectivity index (χ1n) is 6.22. The predicted molar refractivity (Wildman–Crippen MR) is 69.8 cm³/mol. The van der Waals surface area contributed by atoms with E-state index in [0.717, 1.165) is 5.76 Å². The number of carboxylic acid groups (broad SMARTS) is 1. The van der Waals surface area contributed by atoms with Crippen molar-refractivity contribution in [2.24, 2.45) is 5.92 Å². The van der Waals surface area contributed by atoms with Gasteiger partial charge in [-0.2, -0.15) is 0 Å². The minimum atomic E-state index is -1.04. The summed E-state index contributed by atoms with van der Waals surface area (Å²) in [6.45, 7) is 5.31. The maximum Gasteiger partial charge on any atom is 0.326 e. The van der Waals surface area contributed by atoms with Crippen LogP contribution in [0.4, 0.5) is 4.79 Å². The minimum absolute atomic E-state index is 0.146. The third kappa shape index (κ3) is 5.03. The maximum absolute atomic E-state index is 11.7. The van der Waals surface area contributed by atoms with E-state index >= 15 is 0 Å². The van der Waals surface area contributed by atoms with Crippen molar-refractivity contribution in [1.82, 2.24) is 10.6 Å². The fourth-order valence-corrected chi connectivity index (χ4v) is 1.70. The molecule has 0 aliphatic carbocycles. The normalized spacial score (nSPS) is 13.9. The van der Waals surface area contributed by atoms with E-state index in [2.05, 4.69) is 10.6 Å². The number of rotatable bonds is 6. The Morgan fingerprint density at radius 3 is 2.47 bits per heavy atom. The summed E-state index contributed by atoms with van der Waals surface area (Å²) < 4.78 is 5.18. The highest BCUT2D eigenvalue weighted by Gasteiger charge is 2.23. The molecule has 2 atom stereocenters. The largest absolute Gasteiger partial charge is 0.480 e. The van der Waals surface area contributed by atoms with Gasteiger partial charge >= 0.3 is 12.0 Å². The third-order valence-corrected chi connectivity index (χ3v) is 2.68. The SMILES string of the molecule is CC(Cc1ccco1)NC(=O)N[C@@H](C(=O)O)C(C)C. The molecule has 1 aromatic rings. The molecule has 0 radical (unpaired) electrons. The number of carbonyl (C=O) groups is 2. The summed E-state index contributed by atoms with van der Waals surface area (Å²) in [7, 11) is 0. The van der Waals surface area contributed by atoms with E-state index in [9.17, 15) is 9.59 Å². The molecule has 1 unspecified atom stereocenters. The van der Waals surface area contributed by atoms with Gasteiger partial charge in [0.05, 0.1) is 6.26 Å². The lowest BCUT2D eigenvalue weighted by molar-refractivity contribution is -0.140. The molecule has 6 nitrogen and oxygen atoms in total. The van der Waals surface area contributed by atoms with Gasteiger partial charge in [0.15, 0.2) is 0 Å². The van der Waals surface area contributed by atoms with Crippen molar-refractivity contribution in [3.05, 3.63) is 24.2 Å². The fraction of sp³-hybridized carbons (Fsp3) is 0.538. The lowest BCUT2D eigenvalue weighted by Gasteiger charge is -2.20. The first-order chi connectivity index (χ1) is 8.90. The first-order valence-corrected chi connectivity index (χ1v) is 6.22. The number of amides is 2. The van der Waals surface area contributed by atoms with Crippen LogP contribution in [0.15, 0.2) is 22.8 Å². The van der Waals surface area contributed by atoms with Gasteiger partial charge < -0.3 is 20.2 Å². The van der Waals surface area contributed by atoms with Crippen molar-refractivity contribution in [2.45, 2.75) is 39.3 Å². The van der Waals surface area contributed by atoms with Crippen LogP contribution < -0.4 is 10.6 Å². The molecule has 0 spiro atoms. The lowest BCUT2D eigenvalue weighted by atomic mass is 10.1. The van der Waals surface area contributed by atoms with E-state index in [1.165, 1.54) is 0 Å². The standard InChI is InChI=1S/C13H20N2O4/c1-8(2)11(12(16)17)15-13(18)14-9(3)7-10-5-4-6-19-10/h4-6,8-9,11H,7H2,1-3H3,(H,16,17)(H2,14,15,18)/t9?,11-/m1/s1. The third-order valence-electron chi connectivity index (χ3n) is 2.68. The Kier molecular flexibility index (Phi) is 5.41. The fourth-order valence-electron chi connectivity index (χ4n) is 1.70. The zero-order valence-corrected chi connectivity index (χ0v) is 11.3. The Hall–Kier alpha value is -1.98. The van der Waals surface area contributed by atoms with Crippen molar-refractivity contribution < 1.29 is 19.1 Å². The zero-order chi connectivity index (χ0) is 14.4. The van der Waals surface area contributed by atoms with Crippen LogP contribution in [-0.2, 0) is 11.2 Å². The Morgan fingerprint density at radius 1 is 1.32 bits per heavy atom. The number of urea groups is 1. The van der Waals surface area contributed by atoms with Gasteiger partial charge in [0, 0.05) is 12.5 Å². The van der Waals surface area contributed by atoms with Gasteiger partial charge in [-0.15, -0.1) is 0 Å². The van der Waals surface area contributed by atoms with Gasteiger partial charge in [0.25, 0.3) is 0 Å². The Morgan fingerprint density at radius 2 is 2.00 bits per heavy atom. The van der Waals surface area contributed by atoms with Gasteiger partial charge in [-0.05, 0) is 25.0 Å². The van der Waals surface area contributed by atoms with E-state index in [0.29, 0.717) is 6.42 Å². The van der Waals surface area contributed by atoms with Gasteiger partial charge in [-0.1, -0.05) is 13.8 Å². The molecule has 19 heavy (non-hydrogen) atoms. The van der Waals surface area contributed by atoms with Crippen molar-refractivity contribution in [2.75, 3.05) is 0 Å². The topological polar surface area (TPSA) is 91.6 Å². The van der Waals surface area contributed by atoms with E-state index in [1.807, 2.05) is 13.0 Å². The van der Waals surface area contributed by atoms with Crippen LogP contribution >= 0.6 is 0 Å². The van der Waals surface area contributed by atoms with E-state index in [4.69, 9.17) is 9.52 Å². The van der Waals surface area contributed by atoms with E-state index in [1.54, 1.807) is 26.2 Å². The summed E-state index contributed by atoms with van der Waals surface area (Å²) in [4.78, 5) is 22.6. The summed E-state index contributed by atoms with van der Waals surface area (Å²) in [5.74, 6) is -0.445. The molecular weight excluding hydrogens is 248 g/mol. The average molecular weight is 268 g/mol. The summed E-state index contributed by atoms with van der Waals surface area (Å²) in [6, 6.07) is 2.08. The molecule has 0 aliphatic heterocycles. The predicted octanol–water partition coefficient (Wildman–Crippen LogP) is 1.62. The van der Waals surface area contributed by atoms with Gasteiger partial charge in [0.1, 0.15) is 11.8 Å². The van der Waals surface area contributed by atoms with Crippen LogP contribution in [0.3, 0.4) is 0 Å². The van der Waals surface area contributed by atoms with Crippen LogP contribution in [0, 0.1) is 5.92 Å². The zero-order valence-electron chi connectivity index (χ0n) is 11.3. The van der Waals surface area contributed by atoms with Gasteiger partial charge in [-0.25, -0.2) is 9.59 Å². The molecule has 1 rings (SSSR count). The molecule has 0 saturated heterocycles. The molecular formula is C13H20N2O4. The molecule has 6 heteroatoms. The van der Waals surface area contributed by atoms with Crippen LogP contribution in [0.2, 0.25) is 0 Å². The molecule has 1 aromatic heterocycles. The molecule has 1 heterocycles. The lowest BCUT2D eigenvalue weighted by Crippen LogP contribution is -2.50. The highest BCUT2D eigenvalue weighted by molar-refractivity contribution is 5.82. The highest BCUT2D eigenvalue weighted by Crippen LogP contribution is 2.04. The number of nitrogens with one attached hydrogen (secondary N) is 2. The summed E-state index contributed by atoms with van der Waals surface area (Å²) >= 11 is 0. The second-order valence-corrected chi connectivity index (χ2v) is 4.86. The first kappa shape index (κ1) is 15.1. The van der Waals surface area contributed by atoms with Crippen LogP contribution in [-0.4, -0.2) is 29.2 Å². The number of furan rings is 1. The van der Waals surface area contributed by atoms with E-state index in [-0.39, 0.29) is 12.0 Å². The summed E-state index contributed by atoms with van der Waals surface area (Å²) in [6.07, 6.45) is 2.13. The molecule has 0 aliphatic rings. The van der Waals surface area contributed by atoms with Crippen LogP contribution in [0.25, 0.3) is 0 Å². The van der Waals surface area contributed by atoms with Crippen molar-refractivity contribution in [3.8, 4) is 0 Å². The molecule has 3 N–H and O–H groups in total. The summed E-state index contributed by atoms with van der Waals surface area (Å²) in [5, 5.41) is 14.1. The van der Waals surface area contributed by atoms with Crippen molar-refractivity contribution >= 4 is 12.0 Å². The smallest absolute Gasteiger partial charge is 0.326 e. The van der Waals surface area contributed by atoms with Gasteiger partial charge in [0.2, 0.25) is 0 Å². The van der Waals surface area contributed by atoms with Gasteiger partial charge in [-0.3, -0.25) is 0 Å².